The number of hydrogen-bond acceptors (Lipinski definition) is 7. The fourth-order valence-electron chi connectivity index (χ4n) is 2.55. The SMILES string of the molecule is NC1(C(CCC=O)Cc2ccc3c(c2)OCO3)C=NN=N1. The highest BCUT2D eigenvalue weighted by molar-refractivity contribution is 5.71. The average molecular weight is 288 g/mol. The van der Waals surface area contributed by atoms with Crippen molar-refractivity contribution in [2.24, 2.45) is 27.1 Å². The Balaban J connectivity index is 1.79. The van der Waals surface area contributed by atoms with Crippen LogP contribution in [0.25, 0.3) is 0 Å². The molecule has 0 bridgehead atoms. The highest BCUT2D eigenvalue weighted by Gasteiger charge is 2.36. The molecule has 0 saturated carbocycles. The lowest BCUT2D eigenvalue weighted by molar-refractivity contribution is -0.108. The van der Waals surface area contributed by atoms with E-state index in [0.29, 0.717) is 19.3 Å². The average Bonchev–Trinajstić information content (AvgIpc) is 3.12. The minimum absolute atomic E-state index is 0.0573. The van der Waals surface area contributed by atoms with E-state index in [1.165, 1.54) is 6.21 Å². The zero-order chi connectivity index (χ0) is 14.7. The Morgan fingerprint density at radius 1 is 1.38 bits per heavy atom. The largest absolute Gasteiger partial charge is 0.454 e. The first-order valence-corrected chi connectivity index (χ1v) is 6.79. The molecule has 110 valence electrons. The van der Waals surface area contributed by atoms with Gasteiger partial charge in [0.1, 0.15) is 6.29 Å². The van der Waals surface area contributed by atoms with E-state index in [4.69, 9.17) is 15.2 Å². The van der Waals surface area contributed by atoms with Gasteiger partial charge in [-0.1, -0.05) is 6.07 Å². The summed E-state index contributed by atoms with van der Waals surface area (Å²) in [5.74, 6) is 1.42. The van der Waals surface area contributed by atoms with E-state index in [2.05, 4.69) is 15.4 Å². The highest BCUT2D eigenvalue weighted by atomic mass is 16.7. The molecule has 0 aliphatic carbocycles. The van der Waals surface area contributed by atoms with Gasteiger partial charge in [0.05, 0.1) is 6.21 Å². The number of aldehydes is 1. The number of ether oxygens (including phenoxy) is 2. The molecule has 7 heteroatoms. The van der Waals surface area contributed by atoms with Crippen LogP contribution in [-0.2, 0) is 11.2 Å². The molecule has 21 heavy (non-hydrogen) atoms. The summed E-state index contributed by atoms with van der Waals surface area (Å²) >= 11 is 0. The normalized spacial score (nSPS) is 23.5. The van der Waals surface area contributed by atoms with E-state index in [9.17, 15) is 4.79 Å². The van der Waals surface area contributed by atoms with Gasteiger partial charge in [-0.05, 0) is 35.8 Å². The van der Waals surface area contributed by atoms with Gasteiger partial charge in [-0.3, -0.25) is 0 Å². The third kappa shape index (κ3) is 2.78. The molecule has 0 amide bonds. The summed E-state index contributed by atoms with van der Waals surface area (Å²) in [6, 6.07) is 5.78. The molecule has 2 atom stereocenters. The maximum atomic E-state index is 10.7. The van der Waals surface area contributed by atoms with Gasteiger partial charge in [-0.25, -0.2) is 0 Å². The molecule has 0 spiro atoms. The Bertz CT molecular complexity index is 588. The first-order chi connectivity index (χ1) is 10.2. The number of nitrogens with two attached hydrogens (primary N) is 1. The Labute approximate surface area is 121 Å². The number of rotatable bonds is 6. The van der Waals surface area contributed by atoms with Gasteiger partial charge >= 0.3 is 0 Å². The smallest absolute Gasteiger partial charge is 0.231 e. The third-order valence-corrected chi connectivity index (χ3v) is 3.74. The van der Waals surface area contributed by atoms with E-state index in [0.717, 1.165) is 23.3 Å². The molecule has 2 aliphatic heterocycles. The number of benzene rings is 1. The second-order valence-corrected chi connectivity index (χ2v) is 5.15. The number of carbonyl (C=O) groups excluding carboxylic acids is 1. The molecule has 0 aromatic heterocycles. The Morgan fingerprint density at radius 2 is 2.24 bits per heavy atom. The molecule has 2 aliphatic rings. The number of nitrogens with zero attached hydrogens (tertiary/aromatic N) is 3. The Kier molecular flexibility index (Phi) is 3.66. The van der Waals surface area contributed by atoms with E-state index in [1.807, 2.05) is 18.2 Å². The van der Waals surface area contributed by atoms with Gasteiger partial charge < -0.3 is 20.0 Å². The van der Waals surface area contributed by atoms with Crippen LogP contribution in [0.4, 0.5) is 0 Å². The number of fused-ring (bicyclic) bond motifs is 1. The molecular weight excluding hydrogens is 272 g/mol. The summed E-state index contributed by atoms with van der Waals surface area (Å²) < 4.78 is 10.7. The topological polar surface area (TPSA) is 98.6 Å². The van der Waals surface area contributed by atoms with Crippen molar-refractivity contribution in [3.63, 3.8) is 0 Å². The van der Waals surface area contributed by atoms with Crippen molar-refractivity contribution in [3.05, 3.63) is 23.8 Å². The summed E-state index contributed by atoms with van der Waals surface area (Å²) in [7, 11) is 0. The van der Waals surface area contributed by atoms with Crippen molar-refractivity contribution in [1.29, 1.82) is 0 Å². The zero-order valence-corrected chi connectivity index (χ0v) is 11.4. The second kappa shape index (κ2) is 5.61. The summed E-state index contributed by atoms with van der Waals surface area (Å²) in [6.45, 7) is 0.245. The van der Waals surface area contributed by atoms with Crippen LogP contribution in [0, 0.1) is 5.92 Å². The molecule has 7 nitrogen and oxygen atoms in total. The van der Waals surface area contributed by atoms with Gasteiger partial charge in [-0.15, -0.1) is 10.2 Å². The molecule has 2 heterocycles. The van der Waals surface area contributed by atoms with E-state index in [1.54, 1.807) is 0 Å². The van der Waals surface area contributed by atoms with Crippen LogP contribution in [0.2, 0.25) is 0 Å². The molecule has 2 unspecified atom stereocenters. The Morgan fingerprint density at radius 3 is 3.00 bits per heavy atom. The van der Waals surface area contributed by atoms with Gasteiger partial charge in [0.25, 0.3) is 0 Å². The van der Waals surface area contributed by atoms with Crippen molar-refractivity contribution in [2.45, 2.75) is 24.9 Å². The quantitative estimate of drug-likeness (QED) is 0.805. The molecule has 0 radical (unpaired) electrons. The lowest BCUT2D eigenvalue weighted by Gasteiger charge is -2.27. The molecule has 0 fully saturated rings. The minimum Gasteiger partial charge on any atom is -0.454 e. The van der Waals surface area contributed by atoms with E-state index < -0.39 is 5.66 Å². The predicted molar refractivity (Wildman–Crippen MR) is 75.3 cm³/mol. The minimum atomic E-state index is -0.945. The molecule has 1 aromatic rings. The maximum absolute atomic E-state index is 10.7. The first-order valence-electron chi connectivity index (χ1n) is 6.79. The van der Waals surface area contributed by atoms with Crippen LogP contribution in [0.5, 0.6) is 11.5 Å². The first kappa shape index (κ1) is 13.7. The van der Waals surface area contributed by atoms with Crippen LogP contribution in [0.15, 0.2) is 33.6 Å². The van der Waals surface area contributed by atoms with E-state index >= 15 is 0 Å². The lowest BCUT2D eigenvalue weighted by Crippen LogP contribution is -2.46. The molecular formula is C14H16N4O3. The second-order valence-electron chi connectivity index (χ2n) is 5.15. The number of carbonyl (C=O) groups is 1. The van der Waals surface area contributed by atoms with Gasteiger partial charge in [-0.2, -0.15) is 0 Å². The fraction of sp³-hybridized carbons (Fsp3) is 0.429. The van der Waals surface area contributed by atoms with Gasteiger partial charge in [0, 0.05) is 12.3 Å². The van der Waals surface area contributed by atoms with Gasteiger partial charge in [0.15, 0.2) is 17.2 Å². The summed E-state index contributed by atoms with van der Waals surface area (Å²) in [5.41, 5.74) is 6.33. The molecule has 3 rings (SSSR count). The zero-order valence-electron chi connectivity index (χ0n) is 11.4. The predicted octanol–water partition coefficient (Wildman–Crippen LogP) is 1.66. The summed E-state index contributed by atoms with van der Waals surface area (Å²) in [4.78, 5) is 10.7. The molecule has 1 aromatic carbocycles. The monoisotopic (exact) mass is 288 g/mol. The Hall–Kier alpha value is -2.28. The molecule has 2 N–H and O–H groups in total. The van der Waals surface area contributed by atoms with Crippen LogP contribution in [-0.4, -0.2) is 25.0 Å². The van der Waals surface area contributed by atoms with Crippen LogP contribution >= 0.6 is 0 Å². The molecule has 0 saturated heterocycles. The highest BCUT2D eigenvalue weighted by Crippen LogP contribution is 2.34. The number of hydrogen-bond donors (Lipinski definition) is 1. The lowest BCUT2D eigenvalue weighted by atomic mass is 9.85. The third-order valence-electron chi connectivity index (χ3n) is 3.74. The van der Waals surface area contributed by atoms with Crippen LogP contribution in [0.3, 0.4) is 0 Å². The van der Waals surface area contributed by atoms with Crippen LogP contribution in [0.1, 0.15) is 18.4 Å². The van der Waals surface area contributed by atoms with Crippen molar-refractivity contribution in [1.82, 2.24) is 0 Å². The van der Waals surface area contributed by atoms with Crippen molar-refractivity contribution in [3.8, 4) is 11.5 Å². The summed E-state index contributed by atoms with van der Waals surface area (Å²) in [6.07, 6.45) is 4.14. The van der Waals surface area contributed by atoms with Crippen molar-refractivity contribution >= 4 is 12.5 Å². The maximum Gasteiger partial charge on any atom is 0.231 e. The standard InChI is InChI=1S/C14H16N4O3/c15-14(8-16-18-17-14)11(2-1-5-19)6-10-3-4-12-13(7-10)21-9-20-12/h3-5,7-8,11H,1-2,6,9,15H2. The summed E-state index contributed by atoms with van der Waals surface area (Å²) in [5, 5.41) is 11.3. The van der Waals surface area contributed by atoms with Crippen molar-refractivity contribution < 1.29 is 14.3 Å². The fourth-order valence-corrected chi connectivity index (χ4v) is 2.55. The van der Waals surface area contributed by atoms with E-state index in [-0.39, 0.29) is 12.7 Å². The van der Waals surface area contributed by atoms with Crippen LogP contribution < -0.4 is 15.2 Å². The van der Waals surface area contributed by atoms with Crippen molar-refractivity contribution in [2.75, 3.05) is 6.79 Å². The van der Waals surface area contributed by atoms with Gasteiger partial charge in [0.2, 0.25) is 6.79 Å².